The largest absolute Gasteiger partial charge is 0.384 e. The van der Waals surface area contributed by atoms with Crippen LogP contribution >= 0.6 is 11.6 Å². The molecule has 38 heavy (non-hydrogen) atoms. The number of primary amides is 1. The van der Waals surface area contributed by atoms with Crippen molar-refractivity contribution >= 4 is 35.2 Å². The number of benzene rings is 1. The highest BCUT2D eigenvalue weighted by Gasteiger charge is 2.50. The first-order valence-electron chi connectivity index (χ1n) is 13.4. The summed E-state index contributed by atoms with van der Waals surface area (Å²) in [5.74, 6) is -1.14. The third-order valence-corrected chi connectivity index (χ3v) is 8.28. The van der Waals surface area contributed by atoms with Gasteiger partial charge in [-0.05, 0) is 42.4 Å². The number of amides is 4. The fourth-order valence-corrected chi connectivity index (χ4v) is 5.72. The molecule has 4 amide bonds. The van der Waals surface area contributed by atoms with Crippen LogP contribution in [0.15, 0.2) is 24.3 Å². The quantitative estimate of drug-likeness (QED) is 0.436. The molecule has 10 heteroatoms. The van der Waals surface area contributed by atoms with Gasteiger partial charge < -0.3 is 26.0 Å². The van der Waals surface area contributed by atoms with Crippen LogP contribution in [0.3, 0.4) is 0 Å². The van der Waals surface area contributed by atoms with E-state index in [-0.39, 0.29) is 48.8 Å². The molecule has 2 aliphatic rings. The van der Waals surface area contributed by atoms with Crippen LogP contribution in [-0.2, 0) is 24.8 Å². The van der Waals surface area contributed by atoms with Gasteiger partial charge >= 0.3 is 0 Å². The highest BCUT2D eigenvalue weighted by Crippen LogP contribution is 2.46. The summed E-state index contributed by atoms with van der Waals surface area (Å²) in [6.45, 7) is 9.39. The maximum atomic E-state index is 13.6. The van der Waals surface area contributed by atoms with Crippen molar-refractivity contribution in [3.05, 3.63) is 34.9 Å². The monoisotopic (exact) mass is 548 g/mol. The van der Waals surface area contributed by atoms with Gasteiger partial charge in [-0.3, -0.25) is 19.2 Å². The second-order valence-corrected chi connectivity index (χ2v) is 12.2. The van der Waals surface area contributed by atoms with Gasteiger partial charge in [0.1, 0.15) is 6.04 Å². The number of nitrogens with two attached hydrogens (primary N) is 1. The highest BCUT2D eigenvalue weighted by molar-refractivity contribution is 6.30. The lowest BCUT2D eigenvalue weighted by Gasteiger charge is -2.51. The van der Waals surface area contributed by atoms with Crippen molar-refractivity contribution < 1.29 is 24.3 Å². The number of carbonyl (C=O) groups excluding carboxylic acids is 4. The minimum Gasteiger partial charge on any atom is -0.384 e. The number of likely N-dealkylation sites (tertiary alicyclic amines) is 2. The van der Waals surface area contributed by atoms with E-state index in [2.05, 4.69) is 5.32 Å². The van der Waals surface area contributed by atoms with E-state index in [9.17, 15) is 24.3 Å². The molecule has 3 rings (SSSR count). The van der Waals surface area contributed by atoms with E-state index in [1.807, 2.05) is 39.8 Å². The van der Waals surface area contributed by atoms with E-state index in [0.717, 1.165) is 5.56 Å². The Kier molecular flexibility index (Phi) is 9.47. The van der Waals surface area contributed by atoms with Crippen LogP contribution in [0.4, 0.5) is 0 Å². The molecular weight excluding hydrogens is 508 g/mol. The van der Waals surface area contributed by atoms with Crippen LogP contribution in [0, 0.1) is 17.3 Å². The van der Waals surface area contributed by atoms with Crippen molar-refractivity contribution in [2.45, 2.75) is 71.4 Å². The Labute approximate surface area is 230 Å². The van der Waals surface area contributed by atoms with E-state index in [0.29, 0.717) is 44.0 Å². The molecular formula is C28H41ClN4O5. The van der Waals surface area contributed by atoms with Crippen molar-refractivity contribution in [1.29, 1.82) is 0 Å². The number of rotatable bonds is 9. The van der Waals surface area contributed by atoms with Gasteiger partial charge in [0.05, 0.1) is 5.60 Å². The first-order valence-corrected chi connectivity index (χ1v) is 13.7. The molecule has 1 aromatic carbocycles. The van der Waals surface area contributed by atoms with E-state index in [1.54, 1.807) is 21.9 Å². The van der Waals surface area contributed by atoms with Crippen LogP contribution in [-0.4, -0.2) is 70.8 Å². The molecule has 2 heterocycles. The Bertz CT molecular complexity index is 1040. The Morgan fingerprint density at radius 1 is 1.11 bits per heavy atom. The second kappa shape index (κ2) is 12.0. The Hall–Kier alpha value is -2.65. The van der Waals surface area contributed by atoms with Gasteiger partial charge in [-0.2, -0.15) is 0 Å². The molecule has 210 valence electrons. The SMILES string of the molecule is CC(C)[C@@H](NC(=O)C[C@@H]1CCN(C(=O)CCC(N)=O)C1)C(=O)N1CC[C@](O)(c2ccc(Cl)cc2)C(C)(C)C1. The summed E-state index contributed by atoms with van der Waals surface area (Å²) in [6.07, 6.45) is 1.38. The Morgan fingerprint density at radius 2 is 1.76 bits per heavy atom. The van der Waals surface area contributed by atoms with E-state index >= 15 is 0 Å². The number of aliphatic hydroxyl groups is 1. The number of hydrogen-bond acceptors (Lipinski definition) is 5. The maximum Gasteiger partial charge on any atom is 0.245 e. The number of piperidine rings is 1. The van der Waals surface area contributed by atoms with Crippen LogP contribution in [0.2, 0.25) is 5.02 Å². The standard InChI is InChI=1S/C28H41ClN4O5/c1-18(2)25(31-23(35)15-19-11-13-32(16-19)24(36)10-9-22(30)34)26(37)33-14-12-28(38,27(3,4)17-33)20-5-7-21(29)8-6-20/h5-8,18-19,25,38H,9-17H2,1-4H3,(H2,30,34)(H,31,35)/t19-,25+,28-/m0/s1. The summed E-state index contributed by atoms with van der Waals surface area (Å²) in [5, 5.41) is 15.2. The molecule has 2 fully saturated rings. The van der Waals surface area contributed by atoms with Gasteiger partial charge in [0.2, 0.25) is 23.6 Å². The third kappa shape index (κ3) is 6.86. The zero-order chi connectivity index (χ0) is 28.3. The van der Waals surface area contributed by atoms with E-state index < -0.39 is 23.0 Å². The maximum absolute atomic E-state index is 13.6. The lowest BCUT2D eigenvalue weighted by molar-refractivity contribution is -0.156. The predicted octanol–water partition coefficient (Wildman–Crippen LogP) is 2.43. The zero-order valence-corrected chi connectivity index (χ0v) is 23.6. The summed E-state index contributed by atoms with van der Waals surface area (Å²) in [6, 6.07) is 6.48. The first kappa shape index (κ1) is 29.9. The van der Waals surface area contributed by atoms with Crippen molar-refractivity contribution in [1.82, 2.24) is 15.1 Å². The summed E-state index contributed by atoms with van der Waals surface area (Å²) in [7, 11) is 0. The normalized spacial score (nSPS) is 23.8. The molecule has 2 saturated heterocycles. The summed E-state index contributed by atoms with van der Waals surface area (Å²) < 4.78 is 0. The predicted molar refractivity (Wildman–Crippen MR) is 145 cm³/mol. The van der Waals surface area contributed by atoms with E-state index in [4.69, 9.17) is 17.3 Å². The molecule has 0 radical (unpaired) electrons. The van der Waals surface area contributed by atoms with Crippen molar-refractivity contribution in [3.63, 3.8) is 0 Å². The van der Waals surface area contributed by atoms with Gasteiger partial charge in [-0.15, -0.1) is 0 Å². The molecule has 0 aliphatic carbocycles. The van der Waals surface area contributed by atoms with E-state index in [1.165, 1.54) is 0 Å². The van der Waals surface area contributed by atoms with Crippen LogP contribution in [0.5, 0.6) is 0 Å². The molecule has 0 bridgehead atoms. The molecule has 0 unspecified atom stereocenters. The molecule has 1 aromatic rings. The Balaban J connectivity index is 1.59. The van der Waals surface area contributed by atoms with Gasteiger partial charge in [-0.25, -0.2) is 0 Å². The third-order valence-electron chi connectivity index (χ3n) is 8.03. The molecule has 0 aromatic heterocycles. The minimum absolute atomic E-state index is 0.00116. The molecule has 0 spiro atoms. The molecule has 0 saturated carbocycles. The number of halogens is 1. The van der Waals surface area contributed by atoms with Gasteiger partial charge in [0, 0.05) is 55.9 Å². The lowest BCUT2D eigenvalue weighted by atomic mass is 9.66. The topological polar surface area (TPSA) is 133 Å². The van der Waals surface area contributed by atoms with Crippen molar-refractivity contribution in [2.24, 2.45) is 23.0 Å². The lowest BCUT2D eigenvalue weighted by Crippen LogP contribution is -2.60. The number of carbonyl (C=O) groups is 4. The average Bonchev–Trinajstić information content (AvgIpc) is 3.30. The fourth-order valence-electron chi connectivity index (χ4n) is 5.59. The number of nitrogens with one attached hydrogen (secondary N) is 1. The van der Waals surface area contributed by atoms with Gasteiger partial charge in [-0.1, -0.05) is 51.4 Å². The Morgan fingerprint density at radius 3 is 2.34 bits per heavy atom. The smallest absolute Gasteiger partial charge is 0.245 e. The van der Waals surface area contributed by atoms with Crippen LogP contribution < -0.4 is 11.1 Å². The number of hydrogen-bond donors (Lipinski definition) is 3. The highest BCUT2D eigenvalue weighted by atomic mass is 35.5. The number of nitrogens with zero attached hydrogens (tertiary/aromatic N) is 2. The summed E-state index contributed by atoms with van der Waals surface area (Å²) >= 11 is 6.03. The first-order chi connectivity index (χ1) is 17.7. The zero-order valence-electron chi connectivity index (χ0n) is 22.8. The molecule has 4 N–H and O–H groups in total. The average molecular weight is 549 g/mol. The van der Waals surface area contributed by atoms with Gasteiger partial charge in [0.25, 0.3) is 0 Å². The summed E-state index contributed by atoms with van der Waals surface area (Å²) in [4.78, 5) is 53.1. The summed E-state index contributed by atoms with van der Waals surface area (Å²) in [5.41, 5.74) is 4.15. The van der Waals surface area contributed by atoms with Gasteiger partial charge in [0.15, 0.2) is 0 Å². The molecule has 9 nitrogen and oxygen atoms in total. The van der Waals surface area contributed by atoms with Crippen molar-refractivity contribution in [2.75, 3.05) is 26.2 Å². The minimum atomic E-state index is -1.12. The van der Waals surface area contributed by atoms with Crippen LogP contribution in [0.25, 0.3) is 0 Å². The fraction of sp³-hybridized carbons (Fsp3) is 0.643. The second-order valence-electron chi connectivity index (χ2n) is 11.7. The van der Waals surface area contributed by atoms with Crippen molar-refractivity contribution in [3.8, 4) is 0 Å². The molecule has 2 aliphatic heterocycles. The van der Waals surface area contributed by atoms with Crippen LogP contribution in [0.1, 0.15) is 65.4 Å². The molecule has 3 atom stereocenters.